The molecule has 1 aromatic heterocycles. The quantitative estimate of drug-likeness (QED) is 0.866. The number of rotatable bonds is 4. The molecule has 1 aliphatic rings. The Morgan fingerprint density at radius 2 is 1.67 bits per heavy atom. The molecule has 5 heteroatoms. The van der Waals surface area contributed by atoms with Gasteiger partial charge in [0.2, 0.25) is 0 Å². The minimum absolute atomic E-state index is 0.0449. The van der Waals surface area contributed by atoms with Crippen molar-refractivity contribution in [3.05, 3.63) is 53.9 Å². The summed E-state index contributed by atoms with van der Waals surface area (Å²) in [5.41, 5.74) is 3.44. The Balaban J connectivity index is 1.50. The Morgan fingerprint density at radius 1 is 1.04 bits per heavy atom. The van der Waals surface area contributed by atoms with E-state index >= 15 is 0 Å². The van der Waals surface area contributed by atoms with Crippen LogP contribution < -0.4 is 9.64 Å². The van der Waals surface area contributed by atoms with Crippen LogP contribution in [0, 0.1) is 13.8 Å². The lowest BCUT2D eigenvalue weighted by Crippen LogP contribution is -2.50. The van der Waals surface area contributed by atoms with Gasteiger partial charge in [-0.25, -0.2) is 0 Å². The molecule has 1 aromatic carbocycles. The maximum Gasteiger partial charge on any atom is 0.260 e. The topological polar surface area (TPSA) is 45.7 Å². The molecule has 1 aliphatic heterocycles. The van der Waals surface area contributed by atoms with E-state index in [0.29, 0.717) is 0 Å². The largest absolute Gasteiger partial charge is 0.484 e. The van der Waals surface area contributed by atoms with E-state index in [4.69, 9.17) is 4.74 Å². The van der Waals surface area contributed by atoms with Crippen LogP contribution in [0.5, 0.6) is 5.75 Å². The highest BCUT2D eigenvalue weighted by Crippen LogP contribution is 2.17. The Hall–Kier alpha value is -2.56. The number of anilines is 1. The average molecular weight is 325 g/mol. The maximum absolute atomic E-state index is 12.4. The lowest BCUT2D eigenvalue weighted by atomic mass is 10.1. The van der Waals surface area contributed by atoms with Crippen LogP contribution in [0.2, 0.25) is 0 Å². The number of piperazine rings is 1. The van der Waals surface area contributed by atoms with Crippen LogP contribution in [-0.4, -0.2) is 48.6 Å². The number of ether oxygens (including phenoxy) is 1. The van der Waals surface area contributed by atoms with Crippen LogP contribution in [0.3, 0.4) is 0 Å². The van der Waals surface area contributed by atoms with Gasteiger partial charge >= 0.3 is 0 Å². The van der Waals surface area contributed by atoms with Gasteiger partial charge in [-0.15, -0.1) is 0 Å². The molecule has 1 saturated heterocycles. The average Bonchev–Trinajstić information content (AvgIpc) is 2.60. The van der Waals surface area contributed by atoms with Crippen molar-refractivity contribution < 1.29 is 9.53 Å². The zero-order chi connectivity index (χ0) is 16.9. The monoisotopic (exact) mass is 325 g/mol. The molecule has 0 saturated carbocycles. The van der Waals surface area contributed by atoms with Crippen molar-refractivity contribution in [1.29, 1.82) is 0 Å². The van der Waals surface area contributed by atoms with Gasteiger partial charge in [0.15, 0.2) is 6.61 Å². The van der Waals surface area contributed by atoms with Crippen molar-refractivity contribution in [2.24, 2.45) is 0 Å². The summed E-state index contributed by atoms with van der Waals surface area (Å²) >= 11 is 0. The van der Waals surface area contributed by atoms with E-state index in [0.717, 1.165) is 48.7 Å². The predicted molar refractivity (Wildman–Crippen MR) is 94.4 cm³/mol. The fraction of sp³-hybridized carbons (Fsp3) is 0.368. The Labute approximate surface area is 142 Å². The van der Waals surface area contributed by atoms with Gasteiger partial charge in [-0.05, 0) is 49.2 Å². The standard InChI is InChI=1S/C19H23N3O2/c1-15-11-16(2)13-18(12-15)24-14-19(23)22-9-7-21(8-10-22)17-3-5-20-6-4-17/h3-6,11-13H,7-10,14H2,1-2H3. The minimum Gasteiger partial charge on any atom is -0.484 e. The molecule has 0 spiro atoms. The molecule has 1 fully saturated rings. The second-order valence-electron chi connectivity index (χ2n) is 6.19. The van der Waals surface area contributed by atoms with Crippen molar-refractivity contribution in [1.82, 2.24) is 9.88 Å². The SMILES string of the molecule is Cc1cc(C)cc(OCC(=O)N2CCN(c3ccncc3)CC2)c1. The number of nitrogens with zero attached hydrogens (tertiary/aromatic N) is 3. The molecule has 2 heterocycles. The first-order valence-corrected chi connectivity index (χ1v) is 8.26. The predicted octanol–water partition coefficient (Wildman–Crippen LogP) is 2.43. The van der Waals surface area contributed by atoms with Crippen molar-refractivity contribution >= 4 is 11.6 Å². The molecule has 1 amide bonds. The summed E-state index contributed by atoms with van der Waals surface area (Å²) in [4.78, 5) is 20.5. The molecule has 0 atom stereocenters. The molecule has 0 aliphatic carbocycles. The molecule has 0 bridgehead atoms. The molecule has 2 aromatic rings. The Kier molecular flexibility index (Phi) is 4.99. The van der Waals surface area contributed by atoms with Crippen LogP contribution in [0.4, 0.5) is 5.69 Å². The van der Waals surface area contributed by atoms with Gasteiger partial charge in [-0.3, -0.25) is 9.78 Å². The molecular formula is C19H23N3O2. The normalized spacial score (nSPS) is 14.6. The van der Waals surface area contributed by atoms with Crippen molar-refractivity contribution in [3.8, 4) is 5.75 Å². The number of carbonyl (C=O) groups is 1. The van der Waals surface area contributed by atoms with E-state index in [2.05, 4.69) is 16.0 Å². The molecule has 3 rings (SSSR count). The smallest absolute Gasteiger partial charge is 0.260 e. The van der Waals surface area contributed by atoms with Crippen LogP contribution in [-0.2, 0) is 4.79 Å². The van der Waals surface area contributed by atoms with Crippen molar-refractivity contribution in [2.45, 2.75) is 13.8 Å². The summed E-state index contributed by atoms with van der Waals surface area (Å²) < 4.78 is 5.68. The number of aromatic nitrogens is 1. The first-order chi connectivity index (χ1) is 11.6. The van der Waals surface area contributed by atoms with E-state index in [1.165, 1.54) is 0 Å². The first-order valence-electron chi connectivity index (χ1n) is 8.26. The van der Waals surface area contributed by atoms with Crippen LogP contribution in [0.1, 0.15) is 11.1 Å². The van der Waals surface area contributed by atoms with E-state index in [1.807, 2.05) is 43.0 Å². The van der Waals surface area contributed by atoms with E-state index in [-0.39, 0.29) is 12.5 Å². The third kappa shape index (κ3) is 4.04. The molecule has 0 unspecified atom stereocenters. The summed E-state index contributed by atoms with van der Waals surface area (Å²) in [6.45, 7) is 7.26. The fourth-order valence-corrected chi connectivity index (χ4v) is 3.02. The van der Waals surface area contributed by atoms with Gasteiger partial charge in [0.05, 0.1) is 0 Å². The van der Waals surface area contributed by atoms with Gasteiger partial charge in [0, 0.05) is 44.3 Å². The number of carbonyl (C=O) groups excluding carboxylic acids is 1. The summed E-state index contributed by atoms with van der Waals surface area (Å²) in [5.74, 6) is 0.805. The number of amides is 1. The van der Waals surface area contributed by atoms with Crippen LogP contribution in [0.25, 0.3) is 0 Å². The van der Waals surface area contributed by atoms with Crippen LogP contribution in [0.15, 0.2) is 42.7 Å². The van der Waals surface area contributed by atoms with Crippen LogP contribution >= 0.6 is 0 Å². The number of benzene rings is 1. The number of aryl methyl sites for hydroxylation is 2. The van der Waals surface area contributed by atoms with Gasteiger partial charge in [-0.1, -0.05) is 6.07 Å². The summed E-state index contributed by atoms with van der Waals surface area (Å²) in [6.07, 6.45) is 3.59. The second-order valence-corrected chi connectivity index (χ2v) is 6.19. The van der Waals surface area contributed by atoms with Gasteiger partial charge in [0.1, 0.15) is 5.75 Å². The Morgan fingerprint density at radius 3 is 2.29 bits per heavy atom. The third-order valence-corrected chi connectivity index (χ3v) is 4.22. The highest BCUT2D eigenvalue weighted by Gasteiger charge is 2.21. The highest BCUT2D eigenvalue weighted by molar-refractivity contribution is 5.78. The zero-order valence-corrected chi connectivity index (χ0v) is 14.2. The lowest BCUT2D eigenvalue weighted by Gasteiger charge is -2.36. The number of pyridine rings is 1. The molecular weight excluding hydrogens is 302 g/mol. The van der Waals surface area contributed by atoms with E-state index < -0.39 is 0 Å². The first kappa shape index (κ1) is 16.3. The summed E-state index contributed by atoms with van der Waals surface area (Å²) in [7, 11) is 0. The highest BCUT2D eigenvalue weighted by atomic mass is 16.5. The number of hydrogen-bond acceptors (Lipinski definition) is 4. The summed E-state index contributed by atoms with van der Waals surface area (Å²) in [6, 6.07) is 10.0. The lowest BCUT2D eigenvalue weighted by molar-refractivity contribution is -0.133. The Bertz CT molecular complexity index is 675. The van der Waals surface area contributed by atoms with E-state index in [9.17, 15) is 4.79 Å². The summed E-state index contributed by atoms with van der Waals surface area (Å²) in [5, 5.41) is 0. The minimum atomic E-state index is 0.0449. The van der Waals surface area contributed by atoms with Crippen molar-refractivity contribution in [2.75, 3.05) is 37.7 Å². The third-order valence-electron chi connectivity index (χ3n) is 4.22. The van der Waals surface area contributed by atoms with Gasteiger partial charge < -0.3 is 14.5 Å². The maximum atomic E-state index is 12.4. The molecule has 0 radical (unpaired) electrons. The number of hydrogen-bond donors (Lipinski definition) is 0. The molecule has 126 valence electrons. The van der Waals surface area contributed by atoms with Gasteiger partial charge in [-0.2, -0.15) is 0 Å². The fourth-order valence-electron chi connectivity index (χ4n) is 3.02. The second kappa shape index (κ2) is 7.34. The van der Waals surface area contributed by atoms with E-state index in [1.54, 1.807) is 12.4 Å². The zero-order valence-electron chi connectivity index (χ0n) is 14.2. The molecule has 0 N–H and O–H groups in total. The molecule has 5 nitrogen and oxygen atoms in total. The van der Waals surface area contributed by atoms with Gasteiger partial charge in [0.25, 0.3) is 5.91 Å². The molecule has 24 heavy (non-hydrogen) atoms. The van der Waals surface area contributed by atoms with Crippen molar-refractivity contribution in [3.63, 3.8) is 0 Å².